The summed E-state index contributed by atoms with van der Waals surface area (Å²) < 4.78 is 10.6. The third-order valence-electron chi connectivity index (χ3n) is 4.14. The summed E-state index contributed by atoms with van der Waals surface area (Å²) in [5.41, 5.74) is 1.05. The summed E-state index contributed by atoms with van der Waals surface area (Å²) in [6.45, 7) is 4.64. The van der Waals surface area contributed by atoms with Gasteiger partial charge in [0.05, 0.1) is 31.6 Å². The van der Waals surface area contributed by atoms with Crippen LogP contribution >= 0.6 is 11.6 Å². The minimum absolute atomic E-state index is 0.199. The van der Waals surface area contributed by atoms with Gasteiger partial charge in [-0.15, -0.1) is 0 Å². The number of aromatic nitrogens is 2. The first-order chi connectivity index (χ1) is 13.2. The van der Waals surface area contributed by atoms with Crippen LogP contribution in [0.4, 0.5) is 11.6 Å². The van der Waals surface area contributed by atoms with Crippen LogP contribution in [0.5, 0.6) is 5.75 Å². The van der Waals surface area contributed by atoms with E-state index in [9.17, 15) is 4.79 Å². The predicted molar refractivity (Wildman–Crippen MR) is 103 cm³/mol. The van der Waals surface area contributed by atoms with Gasteiger partial charge in [0.2, 0.25) is 5.95 Å². The maximum atomic E-state index is 12.2. The molecule has 144 valence electrons. The molecule has 1 fully saturated rings. The van der Waals surface area contributed by atoms with E-state index >= 15 is 0 Å². The van der Waals surface area contributed by atoms with Gasteiger partial charge in [-0.2, -0.15) is 0 Å². The number of ether oxygens (including phenoxy) is 2. The molecule has 0 radical (unpaired) electrons. The molecule has 0 unspecified atom stereocenters. The molecule has 9 heteroatoms. The number of rotatable bonds is 7. The van der Waals surface area contributed by atoms with Crippen molar-refractivity contribution in [1.29, 1.82) is 0 Å². The van der Waals surface area contributed by atoms with Crippen LogP contribution in [0.15, 0.2) is 30.6 Å². The summed E-state index contributed by atoms with van der Waals surface area (Å²) in [5, 5.41) is 6.48. The van der Waals surface area contributed by atoms with E-state index in [0.29, 0.717) is 34.5 Å². The zero-order chi connectivity index (χ0) is 19.1. The van der Waals surface area contributed by atoms with E-state index in [4.69, 9.17) is 21.1 Å². The van der Waals surface area contributed by atoms with E-state index in [1.54, 1.807) is 25.3 Å². The van der Waals surface area contributed by atoms with Crippen LogP contribution in [0, 0.1) is 0 Å². The van der Waals surface area contributed by atoms with Crippen LogP contribution in [0.3, 0.4) is 0 Å². The maximum Gasteiger partial charge on any atom is 0.254 e. The third kappa shape index (κ3) is 5.53. The van der Waals surface area contributed by atoms with Crippen molar-refractivity contribution in [3.05, 3.63) is 41.2 Å². The molecule has 1 aliphatic rings. The molecule has 2 heterocycles. The average molecular weight is 392 g/mol. The molecule has 0 atom stereocenters. The molecule has 3 rings (SSSR count). The fourth-order valence-electron chi connectivity index (χ4n) is 2.66. The average Bonchev–Trinajstić information content (AvgIpc) is 2.69. The van der Waals surface area contributed by atoms with E-state index < -0.39 is 0 Å². The standard InChI is InChI=1S/C18H22ClN5O3/c1-26-16-3-2-14(19)10-15(16)23-18-21-11-13(12-22-18)17(25)20-4-5-24-6-8-27-9-7-24/h2-3,10-12H,4-9H2,1H3,(H,20,25)(H,21,22,23). The van der Waals surface area contributed by atoms with E-state index in [0.717, 1.165) is 32.8 Å². The normalized spacial score (nSPS) is 14.6. The van der Waals surface area contributed by atoms with Gasteiger partial charge in [-0.05, 0) is 18.2 Å². The molecular weight excluding hydrogens is 370 g/mol. The highest BCUT2D eigenvalue weighted by Gasteiger charge is 2.12. The van der Waals surface area contributed by atoms with Gasteiger partial charge in [0.25, 0.3) is 5.91 Å². The Labute approximate surface area is 162 Å². The van der Waals surface area contributed by atoms with Crippen molar-refractivity contribution in [2.24, 2.45) is 0 Å². The molecule has 27 heavy (non-hydrogen) atoms. The lowest BCUT2D eigenvalue weighted by atomic mass is 10.3. The summed E-state index contributed by atoms with van der Waals surface area (Å²) in [5.74, 6) is 0.767. The summed E-state index contributed by atoms with van der Waals surface area (Å²) >= 11 is 6.01. The predicted octanol–water partition coefficient (Wildman–Crippen LogP) is 1.94. The van der Waals surface area contributed by atoms with Crippen molar-refractivity contribution in [2.75, 3.05) is 51.8 Å². The molecule has 1 amide bonds. The van der Waals surface area contributed by atoms with Gasteiger partial charge in [0, 0.05) is 43.6 Å². The van der Waals surface area contributed by atoms with E-state index in [-0.39, 0.29) is 5.91 Å². The third-order valence-corrected chi connectivity index (χ3v) is 4.37. The van der Waals surface area contributed by atoms with Gasteiger partial charge < -0.3 is 20.1 Å². The second-order valence-electron chi connectivity index (χ2n) is 5.97. The van der Waals surface area contributed by atoms with Crippen LogP contribution in [0.1, 0.15) is 10.4 Å². The lowest BCUT2D eigenvalue weighted by Gasteiger charge is -2.26. The van der Waals surface area contributed by atoms with Crippen LogP contribution < -0.4 is 15.4 Å². The SMILES string of the molecule is COc1ccc(Cl)cc1Nc1ncc(C(=O)NCCN2CCOCC2)cn1. The molecule has 1 aromatic carbocycles. The Kier molecular flexibility index (Phi) is 6.80. The maximum absolute atomic E-state index is 12.2. The first-order valence-electron chi connectivity index (χ1n) is 8.66. The summed E-state index contributed by atoms with van der Waals surface area (Å²) in [7, 11) is 1.57. The highest BCUT2D eigenvalue weighted by Crippen LogP contribution is 2.29. The highest BCUT2D eigenvalue weighted by atomic mass is 35.5. The fraction of sp³-hybridized carbons (Fsp3) is 0.389. The summed E-state index contributed by atoms with van der Waals surface area (Å²) in [6.07, 6.45) is 2.97. The monoisotopic (exact) mass is 391 g/mol. The molecule has 0 bridgehead atoms. The number of anilines is 2. The second-order valence-corrected chi connectivity index (χ2v) is 6.41. The minimum atomic E-state index is -0.199. The van der Waals surface area contributed by atoms with Crippen LogP contribution in [-0.2, 0) is 4.74 Å². The van der Waals surface area contributed by atoms with E-state index in [2.05, 4.69) is 25.5 Å². The molecule has 0 spiro atoms. The van der Waals surface area contributed by atoms with Crippen LogP contribution in [0.2, 0.25) is 5.02 Å². The van der Waals surface area contributed by atoms with Crippen molar-refractivity contribution in [3.63, 3.8) is 0 Å². The molecule has 2 N–H and O–H groups in total. The first-order valence-corrected chi connectivity index (χ1v) is 9.04. The number of benzene rings is 1. The minimum Gasteiger partial charge on any atom is -0.495 e. The molecule has 0 aliphatic carbocycles. The number of carbonyl (C=O) groups excluding carboxylic acids is 1. The Balaban J connectivity index is 1.53. The molecular formula is C18H22ClN5O3. The molecule has 8 nitrogen and oxygen atoms in total. The van der Waals surface area contributed by atoms with E-state index in [1.165, 1.54) is 12.4 Å². The van der Waals surface area contributed by atoms with Gasteiger partial charge in [0.1, 0.15) is 5.75 Å². The molecule has 1 saturated heterocycles. The quantitative estimate of drug-likeness (QED) is 0.745. The molecule has 1 aromatic heterocycles. The Hall–Kier alpha value is -2.42. The molecule has 1 aliphatic heterocycles. The summed E-state index contributed by atoms with van der Waals surface area (Å²) in [4.78, 5) is 22.8. The molecule has 0 saturated carbocycles. The Morgan fingerprint density at radius 2 is 2.04 bits per heavy atom. The Morgan fingerprint density at radius 1 is 1.30 bits per heavy atom. The lowest BCUT2D eigenvalue weighted by Crippen LogP contribution is -2.41. The number of nitrogens with zero attached hydrogens (tertiary/aromatic N) is 3. The van der Waals surface area contributed by atoms with Gasteiger partial charge in [-0.1, -0.05) is 11.6 Å². The van der Waals surface area contributed by atoms with Gasteiger partial charge >= 0.3 is 0 Å². The van der Waals surface area contributed by atoms with Gasteiger partial charge in [-0.3, -0.25) is 9.69 Å². The number of morpholine rings is 1. The number of carbonyl (C=O) groups is 1. The van der Waals surface area contributed by atoms with Crippen LogP contribution in [-0.4, -0.2) is 67.3 Å². The number of nitrogens with one attached hydrogen (secondary N) is 2. The van der Waals surface area contributed by atoms with Gasteiger partial charge in [0.15, 0.2) is 0 Å². The number of halogens is 1. The number of hydrogen-bond acceptors (Lipinski definition) is 7. The highest BCUT2D eigenvalue weighted by molar-refractivity contribution is 6.31. The van der Waals surface area contributed by atoms with Crippen molar-refractivity contribution < 1.29 is 14.3 Å². The summed E-state index contributed by atoms with van der Waals surface area (Å²) in [6, 6.07) is 5.20. The fourth-order valence-corrected chi connectivity index (χ4v) is 2.83. The van der Waals surface area contributed by atoms with E-state index in [1.807, 2.05) is 0 Å². The largest absolute Gasteiger partial charge is 0.495 e. The van der Waals surface area contributed by atoms with Crippen molar-refractivity contribution in [2.45, 2.75) is 0 Å². The first kappa shape index (κ1) is 19.3. The zero-order valence-electron chi connectivity index (χ0n) is 15.1. The van der Waals surface area contributed by atoms with Crippen molar-refractivity contribution in [1.82, 2.24) is 20.2 Å². The smallest absolute Gasteiger partial charge is 0.254 e. The lowest BCUT2D eigenvalue weighted by molar-refractivity contribution is 0.0383. The Bertz CT molecular complexity index is 766. The molecule has 2 aromatic rings. The Morgan fingerprint density at radius 3 is 2.74 bits per heavy atom. The number of amides is 1. The zero-order valence-corrected chi connectivity index (χ0v) is 15.8. The van der Waals surface area contributed by atoms with Crippen molar-refractivity contribution >= 4 is 29.1 Å². The van der Waals surface area contributed by atoms with Gasteiger partial charge in [-0.25, -0.2) is 9.97 Å². The number of hydrogen-bond donors (Lipinski definition) is 2. The van der Waals surface area contributed by atoms with Crippen molar-refractivity contribution in [3.8, 4) is 5.75 Å². The topological polar surface area (TPSA) is 88.6 Å². The number of methoxy groups -OCH3 is 1. The second kappa shape index (κ2) is 9.50. The van der Waals surface area contributed by atoms with Crippen LogP contribution in [0.25, 0.3) is 0 Å².